The van der Waals surface area contributed by atoms with Crippen molar-refractivity contribution in [1.82, 2.24) is 5.32 Å². The molecule has 4 heteroatoms. The van der Waals surface area contributed by atoms with Crippen LogP contribution in [0.2, 0.25) is 0 Å². The van der Waals surface area contributed by atoms with Crippen LogP contribution in [0.3, 0.4) is 0 Å². The molecule has 0 saturated carbocycles. The second-order valence-electron chi connectivity index (χ2n) is 2.94. The summed E-state index contributed by atoms with van der Waals surface area (Å²) in [6.07, 6.45) is 5.59. The Morgan fingerprint density at radius 3 is 2.93 bits per heavy atom. The Labute approximate surface area is 97.2 Å². The molecule has 1 aromatic rings. The Morgan fingerprint density at radius 2 is 2.33 bits per heavy atom. The van der Waals surface area contributed by atoms with Crippen molar-refractivity contribution in [3.63, 3.8) is 0 Å². The molecule has 0 aliphatic rings. The third kappa shape index (κ3) is 3.30. The lowest BCUT2D eigenvalue weighted by Gasteiger charge is -2.06. The molecule has 0 fully saturated rings. The van der Waals surface area contributed by atoms with E-state index in [4.69, 9.17) is 12.2 Å². The Bertz CT molecular complexity index is 410. The van der Waals surface area contributed by atoms with Crippen LogP contribution in [-0.4, -0.2) is 12.5 Å². The van der Waals surface area contributed by atoms with Crippen LogP contribution in [0.15, 0.2) is 22.7 Å². The Balaban J connectivity index is 2.70. The molecule has 3 nitrogen and oxygen atoms in total. The normalized spacial score (nSPS) is 9.33. The minimum absolute atomic E-state index is 0.199. The summed E-state index contributed by atoms with van der Waals surface area (Å²) in [5.74, 6) is 2.25. The summed E-state index contributed by atoms with van der Waals surface area (Å²) in [5, 5.41) is 2.68. The van der Waals surface area contributed by atoms with Crippen LogP contribution < -0.4 is 11.1 Å². The average Bonchev–Trinajstić information content (AvgIpc) is 2.17. The fraction of sp³-hybridized carbons (Fsp3) is 0.182. The van der Waals surface area contributed by atoms with Gasteiger partial charge in [0.05, 0.1) is 5.56 Å². The van der Waals surface area contributed by atoms with Crippen molar-refractivity contribution in [3.05, 3.63) is 28.2 Å². The lowest BCUT2D eigenvalue weighted by atomic mass is 10.1. The van der Waals surface area contributed by atoms with E-state index in [0.717, 1.165) is 4.47 Å². The van der Waals surface area contributed by atoms with Crippen LogP contribution >= 0.6 is 15.9 Å². The predicted octanol–water partition coefficient (Wildman–Crippen LogP) is 1.78. The molecule has 78 valence electrons. The van der Waals surface area contributed by atoms with E-state index in [0.29, 0.717) is 24.2 Å². The van der Waals surface area contributed by atoms with Crippen molar-refractivity contribution < 1.29 is 4.79 Å². The molecule has 0 heterocycles. The highest BCUT2D eigenvalue weighted by atomic mass is 79.9. The number of hydrogen-bond acceptors (Lipinski definition) is 2. The molecule has 0 atom stereocenters. The first-order valence-electron chi connectivity index (χ1n) is 4.42. The van der Waals surface area contributed by atoms with Gasteiger partial charge in [-0.05, 0) is 18.2 Å². The van der Waals surface area contributed by atoms with E-state index in [1.807, 2.05) is 0 Å². The van der Waals surface area contributed by atoms with E-state index < -0.39 is 0 Å². The topological polar surface area (TPSA) is 55.1 Å². The van der Waals surface area contributed by atoms with E-state index >= 15 is 0 Å². The third-order valence-corrected chi connectivity index (χ3v) is 2.31. The lowest BCUT2D eigenvalue weighted by Crippen LogP contribution is -2.25. The number of amides is 1. The molecule has 1 aromatic carbocycles. The zero-order chi connectivity index (χ0) is 11.3. The fourth-order valence-electron chi connectivity index (χ4n) is 1.08. The van der Waals surface area contributed by atoms with Gasteiger partial charge in [0.2, 0.25) is 0 Å². The highest BCUT2D eigenvalue weighted by Gasteiger charge is 2.08. The molecule has 0 radical (unpaired) electrons. The number of nitrogens with two attached hydrogens (primary N) is 1. The van der Waals surface area contributed by atoms with Gasteiger partial charge in [0.15, 0.2) is 0 Å². The molecule has 1 rings (SSSR count). The Morgan fingerprint density at radius 1 is 1.60 bits per heavy atom. The van der Waals surface area contributed by atoms with Crippen molar-refractivity contribution in [3.8, 4) is 12.3 Å². The monoisotopic (exact) mass is 266 g/mol. The van der Waals surface area contributed by atoms with Gasteiger partial charge in [-0.15, -0.1) is 12.3 Å². The predicted molar refractivity (Wildman–Crippen MR) is 64.3 cm³/mol. The maximum atomic E-state index is 11.6. The van der Waals surface area contributed by atoms with Crippen LogP contribution in [0, 0.1) is 12.3 Å². The molecule has 0 aliphatic heterocycles. The minimum atomic E-state index is -0.199. The zero-order valence-electron chi connectivity index (χ0n) is 8.09. The van der Waals surface area contributed by atoms with Gasteiger partial charge in [-0.2, -0.15) is 0 Å². The quantitative estimate of drug-likeness (QED) is 0.498. The van der Waals surface area contributed by atoms with Gasteiger partial charge in [0.1, 0.15) is 0 Å². The van der Waals surface area contributed by atoms with Crippen LogP contribution in [0.4, 0.5) is 5.69 Å². The van der Waals surface area contributed by atoms with Gasteiger partial charge in [-0.25, -0.2) is 0 Å². The Kier molecular flexibility index (Phi) is 4.19. The van der Waals surface area contributed by atoms with Crippen molar-refractivity contribution in [2.45, 2.75) is 6.42 Å². The second kappa shape index (κ2) is 5.42. The van der Waals surface area contributed by atoms with Crippen molar-refractivity contribution in [1.29, 1.82) is 0 Å². The largest absolute Gasteiger partial charge is 0.398 e. The number of carbonyl (C=O) groups excluding carboxylic acids is 1. The van der Waals surface area contributed by atoms with Crippen molar-refractivity contribution in [2.75, 3.05) is 12.3 Å². The maximum Gasteiger partial charge on any atom is 0.253 e. The van der Waals surface area contributed by atoms with Gasteiger partial charge in [-0.1, -0.05) is 15.9 Å². The summed E-state index contributed by atoms with van der Waals surface area (Å²) in [4.78, 5) is 11.6. The molecule has 15 heavy (non-hydrogen) atoms. The molecule has 1 amide bonds. The summed E-state index contributed by atoms with van der Waals surface area (Å²) in [6, 6.07) is 5.13. The summed E-state index contributed by atoms with van der Waals surface area (Å²) in [6.45, 7) is 0.463. The Hall–Kier alpha value is -1.47. The highest BCUT2D eigenvalue weighted by Crippen LogP contribution is 2.18. The van der Waals surface area contributed by atoms with Gasteiger partial charge in [0, 0.05) is 23.1 Å². The van der Waals surface area contributed by atoms with Gasteiger partial charge in [-0.3, -0.25) is 4.79 Å². The standard InChI is InChI=1S/C11H11BrN2O/c1-2-3-6-14-11(15)9-5-4-8(12)7-10(9)13/h1,4-5,7H,3,6,13H2,(H,14,15). The SMILES string of the molecule is C#CCCNC(=O)c1ccc(Br)cc1N. The summed E-state index contributed by atoms with van der Waals surface area (Å²) in [7, 11) is 0. The molecule has 0 unspecified atom stereocenters. The smallest absolute Gasteiger partial charge is 0.253 e. The number of halogens is 1. The molecule has 0 aromatic heterocycles. The van der Waals surface area contributed by atoms with Gasteiger partial charge in [0.25, 0.3) is 5.91 Å². The number of rotatable bonds is 3. The van der Waals surface area contributed by atoms with Crippen molar-refractivity contribution >= 4 is 27.5 Å². The first kappa shape index (κ1) is 11.6. The number of hydrogen-bond donors (Lipinski definition) is 2. The first-order chi connectivity index (χ1) is 7.15. The molecular formula is C11H11BrN2O. The lowest BCUT2D eigenvalue weighted by molar-refractivity contribution is 0.0955. The molecular weight excluding hydrogens is 256 g/mol. The zero-order valence-corrected chi connectivity index (χ0v) is 9.67. The number of anilines is 1. The third-order valence-electron chi connectivity index (χ3n) is 1.81. The van der Waals surface area contributed by atoms with E-state index in [-0.39, 0.29) is 5.91 Å². The first-order valence-corrected chi connectivity index (χ1v) is 5.21. The van der Waals surface area contributed by atoms with Gasteiger partial charge < -0.3 is 11.1 Å². The van der Waals surface area contributed by atoms with E-state index in [1.54, 1.807) is 18.2 Å². The van der Waals surface area contributed by atoms with Crippen LogP contribution in [0.1, 0.15) is 16.8 Å². The molecule has 0 saturated heterocycles. The number of carbonyl (C=O) groups is 1. The molecule has 0 spiro atoms. The number of terminal acetylenes is 1. The van der Waals surface area contributed by atoms with E-state index in [1.165, 1.54) is 0 Å². The fourth-order valence-corrected chi connectivity index (χ4v) is 1.46. The number of nitrogens with one attached hydrogen (secondary N) is 1. The van der Waals surface area contributed by atoms with Crippen LogP contribution in [0.5, 0.6) is 0 Å². The minimum Gasteiger partial charge on any atom is -0.398 e. The maximum absolute atomic E-state index is 11.6. The van der Waals surface area contributed by atoms with Crippen molar-refractivity contribution in [2.24, 2.45) is 0 Å². The summed E-state index contributed by atoms with van der Waals surface area (Å²) in [5.41, 5.74) is 6.61. The second-order valence-corrected chi connectivity index (χ2v) is 3.86. The molecule has 0 aliphatic carbocycles. The average molecular weight is 267 g/mol. The van der Waals surface area contributed by atoms with Gasteiger partial charge >= 0.3 is 0 Å². The highest BCUT2D eigenvalue weighted by molar-refractivity contribution is 9.10. The number of nitrogen functional groups attached to an aromatic ring is 1. The summed E-state index contributed by atoms with van der Waals surface area (Å²) < 4.78 is 0.847. The van der Waals surface area contributed by atoms with E-state index in [2.05, 4.69) is 27.2 Å². The summed E-state index contributed by atoms with van der Waals surface area (Å²) >= 11 is 3.27. The van der Waals surface area contributed by atoms with E-state index in [9.17, 15) is 4.79 Å². The van der Waals surface area contributed by atoms with Crippen LogP contribution in [-0.2, 0) is 0 Å². The number of benzene rings is 1. The van der Waals surface area contributed by atoms with Crippen LogP contribution in [0.25, 0.3) is 0 Å². The molecule has 0 bridgehead atoms. The molecule has 3 N–H and O–H groups in total.